The lowest BCUT2D eigenvalue weighted by Gasteiger charge is -2.06. The van der Waals surface area contributed by atoms with Gasteiger partial charge in [0.05, 0.1) is 24.3 Å². The number of imidazole rings is 1. The van der Waals surface area contributed by atoms with Gasteiger partial charge in [-0.1, -0.05) is 0 Å². The zero-order chi connectivity index (χ0) is 12.3. The quantitative estimate of drug-likeness (QED) is 0.727. The van der Waals surface area contributed by atoms with Gasteiger partial charge in [0.1, 0.15) is 5.69 Å². The first kappa shape index (κ1) is 11.3. The number of carbonyl (C=O) groups is 1. The number of rotatable bonds is 4. The van der Waals surface area contributed by atoms with E-state index < -0.39 is 0 Å². The summed E-state index contributed by atoms with van der Waals surface area (Å²) >= 11 is 0. The number of aromatic nitrogens is 3. The van der Waals surface area contributed by atoms with E-state index in [1.165, 1.54) is 0 Å². The number of nitrogens with two attached hydrogens (primary N) is 1. The predicted molar refractivity (Wildman–Crippen MR) is 64.3 cm³/mol. The fourth-order valence-electron chi connectivity index (χ4n) is 1.63. The summed E-state index contributed by atoms with van der Waals surface area (Å²) < 4.78 is 1.82. The Morgan fingerprint density at radius 3 is 3.12 bits per heavy atom. The molecule has 6 heteroatoms. The highest BCUT2D eigenvalue weighted by Crippen LogP contribution is 2.10. The second kappa shape index (κ2) is 4.73. The zero-order valence-electron chi connectivity index (χ0n) is 9.60. The summed E-state index contributed by atoms with van der Waals surface area (Å²) in [6.45, 7) is 3.10. The van der Waals surface area contributed by atoms with Crippen molar-refractivity contribution in [1.82, 2.24) is 19.9 Å². The van der Waals surface area contributed by atoms with Gasteiger partial charge in [0.15, 0.2) is 0 Å². The van der Waals surface area contributed by atoms with Gasteiger partial charge in [-0.05, 0) is 13.0 Å². The topological polar surface area (TPSA) is 88.7 Å². The molecule has 1 amide bonds. The number of aromatic amines is 1. The molecular formula is C11H15N5O. The molecule has 0 bridgehead atoms. The number of aryl methyl sites for hydroxylation is 1. The lowest BCUT2D eigenvalue weighted by molar-refractivity contribution is 0.0941. The predicted octanol–water partition coefficient (Wildman–Crippen LogP) is 0.743. The fraction of sp³-hybridized carbons (Fsp3) is 0.273. The first-order chi connectivity index (χ1) is 8.20. The van der Waals surface area contributed by atoms with Crippen molar-refractivity contribution >= 4 is 11.6 Å². The van der Waals surface area contributed by atoms with Crippen molar-refractivity contribution in [2.45, 2.75) is 20.0 Å². The van der Waals surface area contributed by atoms with Gasteiger partial charge in [0.2, 0.25) is 0 Å². The third-order valence-electron chi connectivity index (χ3n) is 2.49. The van der Waals surface area contributed by atoms with Gasteiger partial charge >= 0.3 is 0 Å². The summed E-state index contributed by atoms with van der Waals surface area (Å²) in [5, 5.41) is 2.80. The van der Waals surface area contributed by atoms with E-state index in [0.29, 0.717) is 24.5 Å². The maximum absolute atomic E-state index is 11.9. The van der Waals surface area contributed by atoms with Crippen LogP contribution in [0, 0.1) is 0 Å². The summed E-state index contributed by atoms with van der Waals surface area (Å²) in [5.41, 5.74) is 7.70. The average molecular weight is 233 g/mol. The van der Waals surface area contributed by atoms with Crippen LogP contribution in [-0.4, -0.2) is 20.4 Å². The standard InChI is InChI=1S/C11H15N5O/c1-2-16-6-8(12)3-10(16)11(17)14-5-9-4-13-7-15-9/h3-4,6-7H,2,5,12H2,1H3,(H,13,15)(H,14,17). The molecular weight excluding hydrogens is 218 g/mol. The van der Waals surface area contributed by atoms with Gasteiger partial charge in [0, 0.05) is 18.9 Å². The van der Waals surface area contributed by atoms with Crippen LogP contribution in [0.5, 0.6) is 0 Å². The Balaban J connectivity index is 2.04. The molecule has 0 aliphatic heterocycles. The molecule has 4 N–H and O–H groups in total. The number of hydrogen-bond acceptors (Lipinski definition) is 3. The van der Waals surface area contributed by atoms with E-state index in [-0.39, 0.29) is 5.91 Å². The van der Waals surface area contributed by atoms with Crippen LogP contribution in [0.2, 0.25) is 0 Å². The number of nitrogens with zero attached hydrogens (tertiary/aromatic N) is 2. The van der Waals surface area contributed by atoms with Crippen LogP contribution in [0.25, 0.3) is 0 Å². The Bertz CT molecular complexity index is 500. The molecule has 2 aromatic heterocycles. The number of carbonyl (C=O) groups excluding carboxylic acids is 1. The van der Waals surface area contributed by atoms with E-state index >= 15 is 0 Å². The van der Waals surface area contributed by atoms with Crippen molar-refractivity contribution in [3.63, 3.8) is 0 Å². The molecule has 2 rings (SSSR count). The van der Waals surface area contributed by atoms with Crippen LogP contribution in [0.4, 0.5) is 5.69 Å². The molecule has 0 atom stereocenters. The van der Waals surface area contributed by atoms with Crippen LogP contribution in [0.3, 0.4) is 0 Å². The molecule has 0 aliphatic rings. The molecule has 2 aromatic rings. The summed E-state index contributed by atoms with van der Waals surface area (Å²) in [5.74, 6) is -0.141. The van der Waals surface area contributed by atoms with Crippen molar-refractivity contribution in [3.8, 4) is 0 Å². The number of H-pyrrole nitrogens is 1. The normalized spacial score (nSPS) is 10.4. The van der Waals surface area contributed by atoms with Gasteiger partial charge in [-0.3, -0.25) is 4.79 Å². The lowest BCUT2D eigenvalue weighted by Crippen LogP contribution is -2.25. The van der Waals surface area contributed by atoms with Crippen molar-refractivity contribution in [2.75, 3.05) is 5.73 Å². The maximum Gasteiger partial charge on any atom is 0.268 e. The zero-order valence-corrected chi connectivity index (χ0v) is 9.60. The van der Waals surface area contributed by atoms with Gasteiger partial charge in [-0.2, -0.15) is 0 Å². The van der Waals surface area contributed by atoms with E-state index in [4.69, 9.17) is 5.73 Å². The highest BCUT2D eigenvalue weighted by molar-refractivity contribution is 5.93. The van der Waals surface area contributed by atoms with Crippen LogP contribution >= 0.6 is 0 Å². The van der Waals surface area contributed by atoms with Crippen molar-refractivity contribution < 1.29 is 4.79 Å². The third kappa shape index (κ3) is 2.47. The minimum absolute atomic E-state index is 0.141. The molecule has 0 fully saturated rings. The molecule has 0 saturated heterocycles. The number of anilines is 1. The Morgan fingerprint density at radius 2 is 2.47 bits per heavy atom. The Morgan fingerprint density at radius 1 is 1.65 bits per heavy atom. The van der Waals surface area contributed by atoms with E-state index in [1.54, 1.807) is 24.8 Å². The number of nitrogens with one attached hydrogen (secondary N) is 2. The smallest absolute Gasteiger partial charge is 0.268 e. The lowest BCUT2D eigenvalue weighted by atomic mass is 10.3. The average Bonchev–Trinajstić information content (AvgIpc) is 2.94. The van der Waals surface area contributed by atoms with Gasteiger partial charge in [0.25, 0.3) is 5.91 Å². The summed E-state index contributed by atoms with van der Waals surface area (Å²) in [6, 6.07) is 1.67. The molecule has 0 aromatic carbocycles. The monoisotopic (exact) mass is 233 g/mol. The van der Waals surface area contributed by atoms with Crippen LogP contribution < -0.4 is 11.1 Å². The number of amides is 1. The van der Waals surface area contributed by atoms with Gasteiger partial charge in [-0.25, -0.2) is 4.98 Å². The SMILES string of the molecule is CCn1cc(N)cc1C(=O)NCc1cnc[nH]1. The molecule has 0 aliphatic carbocycles. The molecule has 2 heterocycles. The summed E-state index contributed by atoms with van der Waals surface area (Å²) in [4.78, 5) is 18.7. The first-order valence-corrected chi connectivity index (χ1v) is 5.41. The molecule has 0 radical (unpaired) electrons. The van der Waals surface area contributed by atoms with Crippen LogP contribution in [0.1, 0.15) is 23.1 Å². The van der Waals surface area contributed by atoms with Crippen molar-refractivity contribution in [3.05, 3.63) is 36.2 Å². The van der Waals surface area contributed by atoms with E-state index in [2.05, 4.69) is 15.3 Å². The van der Waals surface area contributed by atoms with Gasteiger partial charge < -0.3 is 20.6 Å². The minimum Gasteiger partial charge on any atom is -0.397 e. The van der Waals surface area contributed by atoms with E-state index in [1.807, 2.05) is 11.5 Å². The largest absolute Gasteiger partial charge is 0.397 e. The highest BCUT2D eigenvalue weighted by Gasteiger charge is 2.11. The van der Waals surface area contributed by atoms with Gasteiger partial charge in [-0.15, -0.1) is 0 Å². The van der Waals surface area contributed by atoms with Crippen LogP contribution in [0.15, 0.2) is 24.8 Å². The third-order valence-corrected chi connectivity index (χ3v) is 2.49. The first-order valence-electron chi connectivity index (χ1n) is 5.41. The maximum atomic E-state index is 11.9. The summed E-state index contributed by atoms with van der Waals surface area (Å²) in [6.07, 6.45) is 5.01. The minimum atomic E-state index is -0.141. The molecule has 0 spiro atoms. The number of hydrogen-bond donors (Lipinski definition) is 3. The Kier molecular flexibility index (Phi) is 3.13. The second-order valence-corrected chi connectivity index (χ2v) is 3.70. The number of nitrogen functional groups attached to an aromatic ring is 1. The molecule has 6 nitrogen and oxygen atoms in total. The Hall–Kier alpha value is -2.24. The van der Waals surface area contributed by atoms with E-state index in [9.17, 15) is 4.79 Å². The fourth-order valence-corrected chi connectivity index (χ4v) is 1.63. The second-order valence-electron chi connectivity index (χ2n) is 3.70. The molecule has 17 heavy (non-hydrogen) atoms. The molecule has 0 saturated carbocycles. The molecule has 0 unspecified atom stereocenters. The van der Waals surface area contributed by atoms with Crippen LogP contribution in [-0.2, 0) is 13.1 Å². The molecule has 90 valence electrons. The Labute approximate surface area is 98.8 Å². The van der Waals surface area contributed by atoms with Crippen molar-refractivity contribution in [2.24, 2.45) is 0 Å². The van der Waals surface area contributed by atoms with Crippen molar-refractivity contribution in [1.29, 1.82) is 0 Å². The summed E-state index contributed by atoms with van der Waals surface area (Å²) in [7, 11) is 0. The van der Waals surface area contributed by atoms with E-state index in [0.717, 1.165) is 5.69 Å². The highest BCUT2D eigenvalue weighted by atomic mass is 16.1.